The molecule has 3 heterocycles. The molecule has 0 spiro atoms. The van der Waals surface area contributed by atoms with Gasteiger partial charge >= 0.3 is 0 Å². The largest absolute Gasteiger partial charge is 0.341 e. The van der Waals surface area contributed by atoms with Crippen LogP contribution in [0.4, 0.5) is 0 Å². The maximum absolute atomic E-state index is 12.7. The van der Waals surface area contributed by atoms with Crippen LogP contribution >= 0.6 is 0 Å². The van der Waals surface area contributed by atoms with Gasteiger partial charge in [0.2, 0.25) is 5.91 Å². The number of carbonyl (C=O) groups is 2. The predicted octanol–water partition coefficient (Wildman–Crippen LogP) is 1.32. The van der Waals surface area contributed by atoms with Crippen molar-refractivity contribution in [1.29, 1.82) is 0 Å². The summed E-state index contributed by atoms with van der Waals surface area (Å²) in [5, 5.41) is 4.12. The number of hydrogen-bond donors (Lipinski definition) is 0. The van der Waals surface area contributed by atoms with Gasteiger partial charge in [-0.25, -0.2) is 9.97 Å². The smallest absolute Gasteiger partial charge is 0.257 e. The molecule has 142 valence electrons. The van der Waals surface area contributed by atoms with Crippen LogP contribution < -0.4 is 0 Å². The zero-order valence-electron chi connectivity index (χ0n) is 15.3. The van der Waals surface area contributed by atoms with E-state index in [1.165, 1.54) is 0 Å². The van der Waals surface area contributed by atoms with Crippen molar-refractivity contribution in [2.45, 2.75) is 38.1 Å². The summed E-state index contributed by atoms with van der Waals surface area (Å²) in [7, 11) is 0. The average Bonchev–Trinajstić information content (AvgIpc) is 3.47. The summed E-state index contributed by atoms with van der Waals surface area (Å²) in [4.78, 5) is 37.5. The molecule has 1 aliphatic carbocycles. The number of rotatable bonds is 5. The van der Waals surface area contributed by atoms with Gasteiger partial charge in [-0.05, 0) is 25.3 Å². The highest BCUT2D eigenvalue weighted by molar-refractivity contribution is 5.93. The van der Waals surface area contributed by atoms with Crippen LogP contribution in [-0.2, 0) is 11.3 Å². The Labute approximate surface area is 158 Å². The second-order valence-corrected chi connectivity index (χ2v) is 7.15. The summed E-state index contributed by atoms with van der Waals surface area (Å²) >= 11 is 0. The Morgan fingerprint density at radius 3 is 2.48 bits per heavy atom. The standard InChI is InChI=1S/C19H24N6O2/c26-17(5-10-25-9-1-6-22-25)23-7-2-8-24(12-11-23)19(27)16-13-20-18(21-14-16)15-3-4-15/h1,6,9,13-15H,2-5,7-8,10-12H2. The van der Waals surface area contributed by atoms with Crippen LogP contribution in [0, 0.1) is 0 Å². The van der Waals surface area contributed by atoms with Gasteiger partial charge in [0.05, 0.1) is 5.56 Å². The van der Waals surface area contributed by atoms with Crippen molar-refractivity contribution in [2.24, 2.45) is 0 Å². The topological polar surface area (TPSA) is 84.2 Å². The van der Waals surface area contributed by atoms with Crippen LogP contribution in [0.15, 0.2) is 30.9 Å². The Kier molecular flexibility index (Phi) is 5.13. The van der Waals surface area contributed by atoms with Gasteiger partial charge in [0.25, 0.3) is 5.91 Å². The second kappa shape index (κ2) is 7.85. The minimum atomic E-state index is -0.0526. The first-order valence-electron chi connectivity index (χ1n) is 9.57. The molecular formula is C19H24N6O2. The molecule has 2 aliphatic rings. The van der Waals surface area contributed by atoms with Gasteiger partial charge in [0, 0.05) is 69.8 Å². The molecule has 1 saturated heterocycles. The van der Waals surface area contributed by atoms with E-state index in [4.69, 9.17) is 0 Å². The molecule has 1 aliphatic heterocycles. The molecule has 0 aromatic carbocycles. The van der Waals surface area contributed by atoms with E-state index in [9.17, 15) is 9.59 Å². The lowest BCUT2D eigenvalue weighted by atomic mass is 10.2. The third kappa shape index (κ3) is 4.32. The summed E-state index contributed by atoms with van der Waals surface area (Å²) in [6.45, 7) is 3.00. The molecule has 4 rings (SSSR count). The van der Waals surface area contributed by atoms with E-state index in [2.05, 4.69) is 15.1 Å². The second-order valence-electron chi connectivity index (χ2n) is 7.15. The van der Waals surface area contributed by atoms with Crippen molar-refractivity contribution < 1.29 is 9.59 Å². The SMILES string of the molecule is O=C(CCn1cccn1)N1CCCN(C(=O)c2cnc(C3CC3)nc2)CC1. The highest BCUT2D eigenvalue weighted by Gasteiger charge is 2.27. The fraction of sp³-hybridized carbons (Fsp3) is 0.526. The molecule has 1 saturated carbocycles. The summed E-state index contributed by atoms with van der Waals surface area (Å²) in [5.74, 6) is 1.38. The Bertz CT molecular complexity index is 785. The molecule has 0 radical (unpaired) electrons. The zero-order valence-corrected chi connectivity index (χ0v) is 15.3. The summed E-state index contributed by atoms with van der Waals surface area (Å²) in [5.41, 5.74) is 0.526. The minimum absolute atomic E-state index is 0.0526. The number of nitrogens with zero attached hydrogens (tertiary/aromatic N) is 6. The van der Waals surface area contributed by atoms with E-state index in [-0.39, 0.29) is 11.8 Å². The highest BCUT2D eigenvalue weighted by Crippen LogP contribution is 2.37. The third-order valence-electron chi connectivity index (χ3n) is 5.11. The molecule has 2 aromatic rings. The van der Waals surface area contributed by atoms with Crippen LogP contribution in [-0.4, -0.2) is 67.5 Å². The summed E-state index contributed by atoms with van der Waals surface area (Å²) in [6.07, 6.45) is 10.3. The molecule has 8 heteroatoms. The van der Waals surface area contributed by atoms with Crippen molar-refractivity contribution in [2.75, 3.05) is 26.2 Å². The molecule has 0 atom stereocenters. The van der Waals surface area contributed by atoms with Crippen LogP contribution in [0.2, 0.25) is 0 Å². The van der Waals surface area contributed by atoms with Gasteiger partial charge in [-0.3, -0.25) is 14.3 Å². The maximum Gasteiger partial charge on any atom is 0.257 e. The van der Waals surface area contributed by atoms with E-state index < -0.39 is 0 Å². The molecule has 2 fully saturated rings. The Morgan fingerprint density at radius 1 is 1.04 bits per heavy atom. The lowest BCUT2D eigenvalue weighted by Gasteiger charge is -2.22. The van der Waals surface area contributed by atoms with Crippen molar-refractivity contribution >= 4 is 11.8 Å². The Morgan fingerprint density at radius 2 is 1.78 bits per heavy atom. The van der Waals surface area contributed by atoms with Gasteiger partial charge < -0.3 is 9.80 Å². The number of aromatic nitrogens is 4. The first-order chi connectivity index (χ1) is 13.2. The molecule has 0 unspecified atom stereocenters. The number of amides is 2. The molecule has 0 bridgehead atoms. The first-order valence-corrected chi connectivity index (χ1v) is 9.57. The highest BCUT2D eigenvalue weighted by atomic mass is 16.2. The lowest BCUT2D eigenvalue weighted by Crippen LogP contribution is -2.37. The summed E-state index contributed by atoms with van der Waals surface area (Å²) in [6, 6.07) is 1.85. The predicted molar refractivity (Wildman–Crippen MR) is 98.0 cm³/mol. The minimum Gasteiger partial charge on any atom is -0.341 e. The lowest BCUT2D eigenvalue weighted by molar-refractivity contribution is -0.131. The van der Waals surface area contributed by atoms with Crippen LogP contribution in [0.1, 0.15) is 47.8 Å². The first kappa shape index (κ1) is 17.6. The molecule has 0 N–H and O–H groups in total. The number of carbonyl (C=O) groups excluding carboxylic acids is 2. The van der Waals surface area contributed by atoms with Crippen molar-refractivity contribution in [1.82, 2.24) is 29.5 Å². The normalized spacial score (nSPS) is 17.6. The number of hydrogen-bond acceptors (Lipinski definition) is 5. The van der Waals surface area contributed by atoms with E-state index in [1.807, 2.05) is 17.2 Å². The van der Waals surface area contributed by atoms with Gasteiger partial charge in [0.15, 0.2) is 0 Å². The van der Waals surface area contributed by atoms with Gasteiger partial charge in [-0.15, -0.1) is 0 Å². The summed E-state index contributed by atoms with van der Waals surface area (Å²) < 4.78 is 1.76. The Hall–Kier alpha value is -2.77. The fourth-order valence-corrected chi connectivity index (χ4v) is 3.35. The van der Waals surface area contributed by atoms with Crippen LogP contribution in [0.25, 0.3) is 0 Å². The van der Waals surface area contributed by atoms with E-state index >= 15 is 0 Å². The van der Waals surface area contributed by atoms with Gasteiger partial charge in [0.1, 0.15) is 5.82 Å². The molecule has 8 nitrogen and oxygen atoms in total. The molecule has 2 aromatic heterocycles. The zero-order chi connectivity index (χ0) is 18.6. The number of aryl methyl sites for hydroxylation is 1. The van der Waals surface area contributed by atoms with E-state index in [0.717, 1.165) is 25.1 Å². The third-order valence-corrected chi connectivity index (χ3v) is 5.11. The van der Waals surface area contributed by atoms with Crippen LogP contribution in [0.5, 0.6) is 0 Å². The average molecular weight is 368 g/mol. The quantitative estimate of drug-likeness (QED) is 0.795. The molecular weight excluding hydrogens is 344 g/mol. The van der Waals surface area contributed by atoms with Crippen molar-refractivity contribution in [3.8, 4) is 0 Å². The monoisotopic (exact) mass is 368 g/mol. The molecule has 27 heavy (non-hydrogen) atoms. The van der Waals surface area contributed by atoms with Gasteiger partial charge in [-0.2, -0.15) is 5.10 Å². The fourth-order valence-electron chi connectivity index (χ4n) is 3.35. The van der Waals surface area contributed by atoms with Gasteiger partial charge in [-0.1, -0.05) is 0 Å². The maximum atomic E-state index is 12.7. The Balaban J connectivity index is 1.30. The van der Waals surface area contributed by atoms with E-state index in [1.54, 1.807) is 28.2 Å². The van der Waals surface area contributed by atoms with E-state index in [0.29, 0.717) is 50.6 Å². The molecule has 2 amide bonds. The van der Waals surface area contributed by atoms with Crippen molar-refractivity contribution in [3.63, 3.8) is 0 Å². The van der Waals surface area contributed by atoms with Crippen LogP contribution in [0.3, 0.4) is 0 Å². The van der Waals surface area contributed by atoms with Crippen molar-refractivity contribution in [3.05, 3.63) is 42.2 Å².